The smallest absolute Gasteiger partial charge is 0.243 e. The van der Waals surface area contributed by atoms with Gasteiger partial charge < -0.3 is 35.8 Å². The van der Waals surface area contributed by atoms with E-state index in [0.29, 0.717) is 51.3 Å². The molecular formula is C43H61N5O7S. The Morgan fingerprint density at radius 2 is 1.66 bits per heavy atom. The second-order valence-electron chi connectivity index (χ2n) is 15.6. The summed E-state index contributed by atoms with van der Waals surface area (Å²) in [5, 5.41) is 36.0. The first-order valence-corrected chi connectivity index (χ1v) is 21.4. The molecule has 2 aliphatic rings. The highest BCUT2D eigenvalue weighted by Crippen LogP contribution is 2.33. The summed E-state index contributed by atoms with van der Waals surface area (Å²) in [6.07, 6.45) is 5.53. The monoisotopic (exact) mass is 791 g/mol. The summed E-state index contributed by atoms with van der Waals surface area (Å²) in [6, 6.07) is 12.1. The fourth-order valence-corrected chi connectivity index (χ4v) is 9.03. The van der Waals surface area contributed by atoms with E-state index in [0.717, 1.165) is 48.4 Å². The van der Waals surface area contributed by atoms with E-state index in [2.05, 4.69) is 20.9 Å². The van der Waals surface area contributed by atoms with E-state index in [1.165, 1.54) is 18.4 Å². The predicted octanol–water partition coefficient (Wildman–Crippen LogP) is 4.55. The molecule has 306 valence electrons. The lowest BCUT2D eigenvalue weighted by atomic mass is 9.76. The van der Waals surface area contributed by atoms with Crippen molar-refractivity contribution in [3.8, 4) is 0 Å². The van der Waals surface area contributed by atoms with Gasteiger partial charge in [0.15, 0.2) is 0 Å². The van der Waals surface area contributed by atoms with E-state index in [-0.39, 0.29) is 43.4 Å². The molecule has 0 spiro atoms. The van der Waals surface area contributed by atoms with Crippen molar-refractivity contribution >= 4 is 45.7 Å². The van der Waals surface area contributed by atoms with Crippen LogP contribution < -0.4 is 16.0 Å². The number of nitrogens with zero attached hydrogens (tertiary/aromatic N) is 2. The molecule has 1 aliphatic heterocycles. The maximum atomic E-state index is 14.5. The SMILES string of the molecule is CCC(O)(CC)[C@H](C[C@H](O)[C@H](CC1CCCCC1)NC(=O)[C@H](Cc1cscn1)NC(=O)C(CC(=O)N1CCOCC1)Cc1cccc2ccccc12)C(=O)NC. The first-order chi connectivity index (χ1) is 27.0. The van der Waals surface area contributed by atoms with Crippen LogP contribution in [0.5, 0.6) is 0 Å². The molecule has 1 aromatic heterocycles. The fourth-order valence-electron chi connectivity index (χ4n) is 8.46. The summed E-state index contributed by atoms with van der Waals surface area (Å²) in [6.45, 7) is 5.43. The number of ether oxygens (including phenoxy) is 1. The minimum atomic E-state index is -1.33. The van der Waals surface area contributed by atoms with E-state index < -0.39 is 47.4 Å². The molecule has 12 nitrogen and oxygen atoms in total. The summed E-state index contributed by atoms with van der Waals surface area (Å²) in [7, 11) is 1.52. The number of amides is 4. The molecule has 0 bridgehead atoms. The lowest BCUT2D eigenvalue weighted by molar-refractivity contribution is -0.140. The van der Waals surface area contributed by atoms with Crippen LogP contribution in [0, 0.1) is 17.8 Å². The molecule has 1 saturated heterocycles. The molecule has 2 heterocycles. The van der Waals surface area contributed by atoms with Gasteiger partial charge in [0.1, 0.15) is 6.04 Å². The van der Waals surface area contributed by atoms with E-state index in [1.54, 1.807) is 10.4 Å². The van der Waals surface area contributed by atoms with Gasteiger partial charge in [0.25, 0.3) is 0 Å². The van der Waals surface area contributed by atoms with Crippen molar-refractivity contribution in [2.75, 3.05) is 33.4 Å². The number of hydrogen-bond donors (Lipinski definition) is 5. The topological polar surface area (TPSA) is 170 Å². The molecule has 2 fully saturated rings. The maximum absolute atomic E-state index is 14.5. The number of morpholine rings is 1. The molecule has 5 atom stereocenters. The van der Waals surface area contributed by atoms with Crippen molar-refractivity contribution in [3.05, 3.63) is 64.6 Å². The maximum Gasteiger partial charge on any atom is 0.243 e. The average molecular weight is 792 g/mol. The molecule has 1 saturated carbocycles. The normalized spacial score (nSPS) is 18.1. The van der Waals surface area contributed by atoms with E-state index in [9.17, 15) is 29.4 Å². The first kappa shape index (κ1) is 43.2. The van der Waals surface area contributed by atoms with E-state index in [1.807, 2.05) is 61.7 Å². The second-order valence-corrected chi connectivity index (χ2v) is 16.3. The number of aromatic nitrogens is 1. The zero-order chi connectivity index (χ0) is 40.1. The Labute approximate surface area is 335 Å². The number of nitrogens with one attached hydrogen (secondary N) is 3. The molecule has 13 heteroatoms. The standard InChI is InChI=1S/C43H61N5O7S/c1-4-43(54,5-2)35(41(52)44-3)26-38(49)36(22-29-12-7-6-8-13-29)46-42(53)37(25-33-27-56-28-45-33)47-40(51)32(24-39(50)48-18-20-55-21-19-48)23-31-16-11-15-30-14-9-10-17-34(30)31/h9-11,14-17,27-29,32,35-38,49,54H,4-8,12-13,18-26H2,1-3H3,(H,44,52)(H,46,53)(H,47,51)/t32?,35-,36+,37+,38+/m1/s1. The lowest BCUT2D eigenvalue weighted by Crippen LogP contribution is -2.56. The highest BCUT2D eigenvalue weighted by Gasteiger charge is 2.42. The molecule has 5 N–H and O–H groups in total. The zero-order valence-electron chi connectivity index (χ0n) is 33.2. The summed E-state index contributed by atoms with van der Waals surface area (Å²) in [5.41, 5.74) is 1.90. The van der Waals surface area contributed by atoms with Crippen molar-refractivity contribution in [1.29, 1.82) is 0 Å². The van der Waals surface area contributed by atoms with E-state index in [4.69, 9.17) is 4.74 Å². The third kappa shape index (κ3) is 11.6. The minimum absolute atomic E-state index is 0.0399. The molecule has 4 amide bonds. The van der Waals surface area contributed by atoms with Gasteiger partial charge >= 0.3 is 0 Å². The van der Waals surface area contributed by atoms with Crippen LogP contribution in [0.4, 0.5) is 0 Å². The Kier molecular flexibility index (Phi) is 16.2. The minimum Gasteiger partial charge on any atom is -0.391 e. The van der Waals surface area contributed by atoms with Crippen LogP contribution in [0.2, 0.25) is 0 Å². The number of carbonyl (C=O) groups excluding carboxylic acids is 4. The molecule has 5 rings (SSSR count). The summed E-state index contributed by atoms with van der Waals surface area (Å²) < 4.78 is 5.46. The number of benzene rings is 2. The van der Waals surface area contributed by atoms with Crippen LogP contribution in [0.25, 0.3) is 10.8 Å². The average Bonchev–Trinajstić information content (AvgIpc) is 3.75. The molecule has 1 aliphatic carbocycles. The van der Waals surface area contributed by atoms with Crippen LogP contribution in [0.1, 0.15) is 89.3 Å². The number of carbonyl (C=O) groups is 4. The van der Waals surface area contributed by atoms with Gasteiger partial charge in [-0.1, -0.05) is 88.4 Å². The quantitative estimate of drug-likeness (QED) is 0.118. The van der Waals surface area contributed by atoms with Crippen molar-refractivity contribution in [3.63, 3.8) is 0 Å². The van der Waals surface area contributed by atoms with Crippen LogP contribution in [0.15, 0.2) is 53.4 Å². The third-order valence-corrected chi connectivity index (χ3v) is 12.7. The number of aliphatic hydroxyl groups excluding tert-OH is 1. The van der Waals surface area contributed by atoms with Gasteiger partial charge in [0.05, 0.1) is 54.0 Å². The summed E-state index contributed by atoms with van der Waals surface area (Å²) in [4.78, 5) is 61.9. The van der Waals surface area contributed by atoms with Gasteiger partial charge in [-0.2, -0.15) is 0 Å². The Balaban J connectivity index is 1.42. The van der Waals surface area contributed by atoms with Gasteiger partial charge in [-0.3, -0.25) is 19.2 Å². The Hall–Kier alpha value is -3.91. The number of thiazole rings is 1. The number of fused-ring (bicyclic) bond motifs is 1. The molecule has 2 aromatic carbocycles. The Morgan fingerprint density at radius 3 is 2.34 bits per heavy atom. The fraction of sp³-hybridized carbons (Fsp3) is 0.605. The Morgan fingerprint density at radius 1 is 0.946 bits per heavy atom. The number of rotatable bonds is 19. The van der Waals surface area contributed by atoms with Gasteiger partial charge in [0.2, 0.25) is 23.6 Å². The molecule has 56 heavy (non-hydrogen) atoms. The molecular weight excluding hydrogens is 731 g/mol. The van der Waals surface area contributed by atoms with Gasteiger partial charge in [-0.25, -0.2) is 4.98 Å². The van der Waals surface area contributed by atoms with Crippen molar-refractivity contribution in [2.24, 2.45) is 17.8 Å². The third-order valence-electron chi connectivity index (χ3n) is 12.0. The van der Waals surface area contributed by atoms with Crippen LogP contribution in [0.3, 0.4) is 0 Å². The van der Waals surface area contributed by atoms with Gasteiger partial charge in [0, 0.05) is 38.4 Å². The number of hydrogen-bond acceptors (Lipinski definition) is 9. The number of aliphatic hydroxyl groups is 2. The molecule has 3 aromatic rings. The highest BCUT2D eigenvalue weighted by molar-refractivity contribution is 7.07. The first-order valence-electron chi connectivity index (χ1n) is 20.5. The van der Waals surface area contributed by atoms with Crippen molar-refractivity contribution in [2.45, 2.75) is 115 Å². The molecule has 1 unspecified atom stereocenters. The van der Waals surface area contributed by atoms with Crippen molar-refractivity contribution in [1.82, 2.24) is 25.8 Å². The van der Waals surface area contributed by atoms with Crippen LogP contribution in [-0.2, 0) is 36.8 Å². The van der Waals surface area contributed by atoms with Gasteiger partial charge in [-0.05, 0) is 54.4 Å². The zero-order valence-corrected chi connectivity index (χ0v) is 34.0. The van der Waals surface area contributed by atoms with Crippen molar-refractivity contribution < 1.29 is 34.1 Å². The predicted molar refractivity (Wildman–Crippen MR) is 218 cm³/mol. The van der Waals surface area contributed by atoms with Crippen LogP contribution >= 0.6 is 11.3 Å². The molecule has 0 radical (unpaired) electrons. The van der Waals surface area contributed by atoms with Crippen LogP contribution in [-0.4, -0.2) is 101 Å². The lowest BCUT2D eigenvalue weighted by Gasteiger charge is -2.37. The van der Waals surface area contributed by atoms with E-state index >= 15 is 0 Å². The largest absolute Gasteiger partial charge is 0.391 e. The summed E-state index contributed by atoms with van der Waals surface area (Å²) in [5.74, 6) is -2.82. The summed E-state index contributed by atoms with van der Waals surface area (Å²) >= 11 is 1.39. The van der Waals surface area contributed by atoms with Gasteiger partial charge in [-0.15, -0.1) is 11.3 Å². The highest BCUT2D eigenvalue weighted by atomic mass is 32.1. The second kappa shape index (κ2) is 21.0. The Bertz CT molecular complexity index is 1720.